The van der Waals surface area contributed by atoms with E-state index in [9.17, 15) is 18.0 Å². The summed E-state index contributed by atoms with van der Waals surface area (Å²) in [6.45, 7) is 6.73. The lowest BCUT2D eigenvalue weighted by atomic mass is 10.3. The van der Waals surface area contributed by atoms with Gasteiger partial charge in [-0.05, 0) is 88.0 Å². The average Bonchev–Trinajstić information content (AvgIpc) is 2.88. The molecule has 2 aromatic carbocycles. The Hall–Kier alpha value is -2.07. The van der Waals surface area contributed by atoms with E-state index >= 15 is 0 Å². The molecule has 0 bridgehead atoms. The summed E-state index contributed by atoms with van der Waals surface area (Å²) in [6.07, 6.45) is 1.10. The lowest BCUT2D eigenvalue weighted by molar-refractivity contribution is 0.0524. The first-order valence-corrected chi connectivity index (χ1v) is 15.5. The number of ether oxygens (including phenoxy) is 6. The second-order valence-corrected chi connectivity index (χ2v) is 12.4. The van der Waals surface area contributed by atoms with Crippen LogP contribution >= 0.6 is 63.7 Å². The Kier molecular flexibility index (Phi) is 13.8. The summed E-state index contributed by atoms with van der Waals surface area (Å²) in [5, 5.41) is 0. The minimum Gasteiger partial charge on any atom is -0.488 e. The molecule has 0 saturated carbocycles. The smallest absolute Gasteiger partial charge is 0.488 e. The van der Waals surface area contributed by atoms with Gasteiger partial charge in [0.2, 0.25) is 9.84 Å². The molecule has 0 N–H and O–H groups in total. The average molecular weight is 822 g/mol. The molecule has 0 fully saturated rings. The highest BCUT2D eigenvalue weighted by Crippen LogP contribution is 2.40. The van der Waals surface area contributed by atoms with Gasteiger partial charge in [0.1, 0.15) is 51.1 Å². The molecule has 0 aromatic heterocycles. The van der Waals surface area contributed by atoms with Crippen LogP contribution in [0.25, 0.3) is 0 Å². The van der Waals surface area contributed by atoms with E-state index in [2.05, 4.69) is 76.9 Å². The van der Waals surface area contributed by atoms with E-state index in [4.69, 9.17) is 28.4 Å². The van der Waals surface area contributed by atoms with Crippen molar-refractivity contribution in [2.24, 2.45) is 0 Å². The Labute approximate surface area is 259 Å². The van der Waals surface area contributed by atoms with Crippen LogP contribution < -0.4 is 9.47 Å². The molecule has 2 aromatic rings. The van der Waals surface area contributed by atoms with Crippen LogP contribution in [0.5, 0.6) is 11.5 Å². The second-order valence-electron chi connectivity index (χ2n) is 7.03. The van der Waals surface area contributed by atoms with Gasteiger partial charge in [0.05, 0.1) is 27.7 Å². The van der Waals surface area contributed by atoms with Gasteiger partial charge in [0.25, 0.3) is 0 Å². The molecule has 0 saturated heterocycles. The van der Waals surface area contributed by atoms with Gasteiger partial charge < -0.3 is 28.4 Å². The van der Waals surface area contributed by atoms with Crippen molar-refractivity contribution < 1.29 is 46.4 Å². The molecule has 10 nitrogen and oxygen atoms in total. The number of benzene rings is 2. The van der Waals surface area contributed by atoms with Crippen molar-refractivity contribution in [2.45, 2.75) is 9.79 Å². The summed E-state index contributed by atoms with van der Waals surface area (Å²) in [5.74, 6) is 0.637. The summed E-state index contributed by atoms with van der Waals surface area (Å²) in [5.41, 5.74) is 0. The number of rotatable bonds is 14. The van der Waals surface area contributed by atoms with Crippen molar-refractivity contribution in [3.05, 3.63) is 67.5 Å². The molecule has 0 aliphatic heterocycles. The molecule has 15 heteroatoms. The Balaban J connectivity index is 2.09. The number of carbonyl (C=O) groups is 2. The molecule has 0 spiro atoms. The van der Waals surface area contributed by atoms with Gasteiger partial charge in [0, 0.05) is 0 Å². The van der Waals surface area contributed by atoms with Crippen LogP contribution in [0.2, 0.25) is 0 Å². The van der Waals surface area contributed by atoms with Crippen molar-refractivity contribution >= 4 is 85.9 Å². The molecule has 212 valence electrons. The number of hydrogen-bond acceptors (Lipinski definition) is 10. The maximum absolute atomic E-state index is 13.4. The topological polar surface area (TPSA) is 124 Å². The van der Waals surface area contributed by atoms with E-state index in [1.165, 1.54) is 36.4 Å². The zero-order valence-electron chi connectivity index (χ0n) is 20.1. The summed E-state index contributed by atoms with van der Waals surface area (Å²) in [7, 11) is -3.97. The number of hydrogen-bond donors (Lipinski definition) is 0. The zero-order chi connectivity index (χ0) is 29.0. The molecule has 0 aliphatic rings. The standard InChI is InChI=1S/C24H22Br4O10S/c1-3-5-35-23(29)37-9-7-33-21-17(25)11-15(12-18(21)26)39(31,32)16-13-19(27)22(20(28)14-16)34-8-10-38-24(30)36-6-4-2/h3-4,11-14H,1-2,5-10H2. The lowest BCUT2D eigenvalue weighted by Gasteiger charge is -2.15. The highest BCUT2D eigenvalue weighted by atomic mass is 79.9. The molecule has 0 aliphatic carbocycles. The molecular formula is C24H22Br4O10S. The molecular weight excluding hydrogens is 800 g/mol. The van der Waals surface area contributed by atoms with E-state index in [1.54, 1.807) is 0 Å². The predicted octanol–water partition coefficient (Wildman–Crippen LogP) is 7.01. The SMILES string of the molecule is C=CCOC(=O)OCCOc1c(Br)cc(S(=O)(=O)c2cc(Br)c(OCCOC(=O)OCC=C)c(Br)c2)cc1Br. The third-order valence-electron chi connectivity index (χ3n) is 4.30. The second kappa shape index (κ2) is 16.3. The Morgan fingerprint density at radius 3 is 1.28 bits per heavy atom. The first kappa shape index (κ1) is 33.1. The number of carbonyl (C=O) groups excluding carboxylic acids is 2. The Bertz CT molecular complexity index is 1170. The highest BCUT2D eigenvalue weighted by Gasteiger charge is 2.24. The van der Waals surface area contributed by atoms with Crippen molar-refractivity contribution in [1.82, 2.24) is 0 Å². The van der Waals surface area contributed by atoms with Gasteiger partial charge in [-0.1, -0.05) is 25.3 Å². The van der Waals surface area contributed by atoms with Gasteiger partial charge in [-0.3, -0.25) is 0 Å². The van der Waals surface area contributed by atoms with Gasteiger partial charge >= 0.3 is 12.3 Å². The molecule has 0 atom stereocenters. The van der Waals surface area contributed by atoms with Crippen LogP contribution in [0.1, 0.15) is 0 Å². The Morgan fingerprint density at radius 2 is 0.974 bits per heavy atom. The molecule has 39 heavy (non-hydrogen) atoms. The Morgan fingerprint density at radius 1 is 0.641 bits per heavy atom. The third kappa shape index (κ3) is 10.1. The summed E-state index contributed by atoms with van der Waals surface area (Å²) >= 11 is 13.3. The van der Waals surface area contributed by atoms with E-state index in [-0.39, 0.29) is 49.4 Å². The fourth-order valence-electron chi connectivity index (χ4n) is 2.67. The van der Waals surface area contributed by atoms with Crippen LogP contribution in [0.4, 0.5) is 9.59 Å². The van der Waals surface area contributed by atoms with Crippen molar-refractivity contribution in [2.75, 3.05) is 39.6 Å². The molecule has 0 heterocycles. The maximum atomic E-state index is 13.4. The van der Waals surface area contributed by atoms with Crippen LogP contribution in [-0.4, -0.2) is 60.4 Å². The van der Waals surface area contributed by atoms with E-state index < -0.39 is 22.1 Å². The van der Waals surface area contributed by atoms with Crippen molar-refractivity contribution in [1.29, 1.82) is 0 Å². The fourth-order valence-corrected chi connectivity index (χ4v) is 7.47. The minimum absolute atomic E-state index is 0.00507. The summed E-state index contributed by atoms with van der Waals surface area (Å²) < 4.78 is 58.5. The first-order valence-electron chi connectivity index (χ1n) is 10.8. The van der Waals surface area contributed by atoms with Gasteiger partial charge in [-0.2, -0.15) is 0 Å². The van der Waals surface area contributed by atoms with E-state index in [0.717, 1.165) is 0 Å². The summed E-state index contributed by atoms with van der Waals surface area (Å²) in [4.78, 5) is 22.7. The van der Waals surface area contributed by atoms with Crippen molar-refractivity contribution in [3.8, 4) is 11.5 Å². The first-order chi connectivity index (χ1) is 18.5. The molecule has 0 unspecified atom stereocenters. The van der Waals surface area contributed by atoms with Crippen LogP contribution in [0.15, 0.2) is 77.3 Å². The largest absolute Gasteiger partial charge is 0.508 e. The third-order valence-corrected chi connectivity index (χ3v) is 8.37. The monoisotopic (exact) mass is 818 g/mol. The predicted molar refractivity (Wildman–Crippen MR) is 155 cm³/mol. The lowest BCUT2D eigenvalue weighted by Crippen LogP contribution is -2.14. The quantitative estimate of drug-likeness (QED) is 0.112. The van der Waals surface area contributed by atoms with E-state index in [0.29, 0.717) is 29.4 Å². The van der Waals surface area contributed by atoms with Gasteiger partial charge in [-0.25, -0.2) is 18.0 Å². The van der Waals surface area contributed by atoms with Crippen LogP contribution in [0.3, 0.4) is 0 Å². The van der Waals surface area contributed by atoms with Gasteiger partial charge in [-0.15, -0.1) is 0 Å². The van der Waals surface area contributed by atoms with Crippen molar-refractivity contribution in [3.63, 3.8) is 0 Å². The normalized spacial score (nSPS) is 10.8. The van der Waals surface area contributed by atoms with Crippen LogP contribution in [0, 0.1) is 0 Å². The minimum atomic E-state index is -3.97. The summed E-state index contributed by atoms with van der Waals surface area (Å²) in [6, 6.07) is 5.57. The maximum Gasteiger partial charge on any atom is 0.508 e. The molecule has 2 rings (SSSR count). The highest BCUT2D eigenvalue weighted by molar-refractivity contribution is 9.11. The fraction of sp³-hybridized carbons (Fsp3) is 0.250. The number of sulfone groups is 1. The number of halogens is 4. The van der Waals surface area contributed by atoms with Gasteiger partial charge in [0.15, 0.2) is 0 Å². The van der Waals surface area contributed by atoms with E-state index in [1.807, 2.05) is 0 Å². The molecule has 0 radical (unpaired) electrons. The molecule has 0 amide bonds. The van der Waals surface area contributed by atoms with Crippen LogP contribution in [-0.2, 0) is 28.8 Å². The zero-order valence-corrected chi connectivity index (χ0v) is 27.3.